The van der Waals surface area contributed by atoms with Crippen molar-refractivity contribution in [2.45, 2.75) is 19.3 Å². The molecule has 0 amide bonds. The van der Waals surface area contributed by atoms with E-state index in [-0.39, 0.29) is 0 Å². The maximum atomic E-state index is 5.61. The molecule has 0 spiro atoms. The lowest BCUT2D eigenvalue weighted by Gasteiger charge is -1.89. The van der Waals surface area contributed by atoms with Crippen LogP contribution < -0.4 is 0 Å². The Morgan fingerprint density at radius 1 is 1.57 bits per heavy atom. The van der Waals surface area contributed by atoms with Crippen LogP contribution in [0.4, 0.5) is 0 Å². The van der Waals surface area contributed by atoms with Gasteiger partial charge in [0.05, 0.1) is 12.1 Å². The molecule has 4 nitrogen and oxygen atoms in total. The van der Waals surface area contributed by atoms with Crippen molar-refractivity contribution in [3.63, 3.8) is 0 Å². The van der Waals surface area contributed by atoms with Gasteiger partial charge in [-0.25, -0.2) is 0 Å². The van der Waals surface area contributed by atoms with Gasteiger partial charge in [-0.05, 0) is 6.92 Å². The summed E-state index contributed by atoms with van der Waals surface area (Å²) in [6, 6.07) is 1.82. The zero-order chi connectivity index (χ0) is 9.97. The minimum atomic E-state index is 0.342. The number of halogens is 1. The van der Waals surface area contributed by atoms with Crippen molar-refractivity contribution >= 4 is 11.6 Å². The number of hydrogen-bond donors (Lipinski definition) is 0. The van der Waals surface area contributed by atoms with Crippen LogP contribution in [-0.4, -0.2) is 14.9 Å². The average molecular weight is 212 g/mol. The summed E-state index contributed by atoms with van der Waals surface area (Å²) in [5, 5.41) is 8.04. The van der Waals surface area contributed by atoms with Gasteiger partial charge < -0.3 is 4.52 Å². The highest BCUT2D eigenvalue weighted by atomic mass is 35.5. The van der Waals surface area contributed by atoms with E-state index in [1.165, 1.54) is 0 Å². The molecule has 0 aliphatic heterocycles. The summed E-state index contributed by atoms with van der Waals surface area (Å²) in [7, 11) is 0. The Hall–Kier alpha value is -1.29. The van der Waals surface area contributed by atoms with Gasteiger partial charge in [-0.15, -0.1) is 11.6 Å². The second-order valence-corrected chi connectivity index (χ2v) is 3.16. The topological polar surface area (TPSA) is 43.9 Å². The number of rotatable bonds is 3. The molecule has 5 heteroatoms. The largest absolute Gasteiger partial charge is 0.359 e. The van der Waals surface area contributed by atoms with Crippen molar-refractivity contribution in [3.8, 4) is 11.3 Å². The molecule has 0 atom stereocenters. The second-order valence-electron chi connectivity index (χ2n) is 2.90. The van der Waals surface area contributed by atoms with E-state index in [0.717, 1.165) is 17.8 Å². The van der Waals surface area contributed by atoms with E-state index in [1.54, 1.807) is 6.20 Å². The van der Waals surface area contributed by atoms with E-state index in [9.17, 15) is 0 Å². The zero-order valence-corrected chi connectivity index (χ0v) is 8.53. The van der Waals surface area contributed by atoms with Gasteiger partial charge >= 0.3 is 0 Å². The Balaban J connectivity index is 2.29. The van der Waals surface area contributed by atoms with Crippen LogP contribution in [0.1, 0.15) is 12.7 Å². The van der Waals surface area contributed by atoms with E-state index in [4.69, 9.17) is 16.1 Å². The van der Waals surface area contributed by atoms with Gasteiger partial charge in [-0.1, -0.05) is 5.16 Å². The van der Waals surface area contributed by atoms with Crippen LogP contribution in [0.3, 0.4) is 0 Å². The van der Waals surface area contributed by atoms with Gasteiger partial charge in [0.25, 0.3) is 0 Å². The van der Waals surface area contributed by atoms with Crippen LogP contribution in [-0.2, 0) is 12.4 Å². The summed E-state index contributed by atoms with van der Waals surface area (Å²) >= 11 is 5.61. The van der Waals surface area contributed by atoms with E-state index >= 15 is 0 Å². The van der Waals surface area contributed by atoms with Crippen molar-refractivity contribution in [1.29, 1.82) is 0 Å². The van der Waals surface area contributed by atoms with Gasteiger partial charge in [-0.2, -0.15) is 5.10 Å². The number of aryl methyl sites for hydroxylation is 1. The molecule has 0 saturated heterocycles. The summed E-state index contributed by atoms with van der Waals surface area (Å²) in [4.78, 5) is 0. The molecule has 2 heterocycles. The predicted molar refractivity (Wildman–Crippen MR) is 53.0 cm³/mol. The number of nitrogens with zero attached hydrogens (tertiary/aromatic N) is 3. The molecule has 0 fully saturated rings. The van der Waals surface area contributed by atoms with Gasteiger partial charge in [0.2, 0.25) is 0 Å². The van der Waals surface area contributed by atoms with Crippen molar-refractivity contribution in [2.24, 2.45) is 0 Å². The molecule has 0 aliphatic carbocycles. The standard InChI is InChI=1S/C9H10ClN3O/c1-2-13-6-7(5-11-13)9-3-8(4-10)14-12-9/h3,5-6H,2,4H2,1H3. The second kappa shape index (κ2) is 3.84. The Labute approximate surface area is 86.5 Å². The van der Waals surface area contributed by atoms with Crippen molar-refractivity contribution < 1.29 is 4.52 Å². The quantitative estimate of drug-likeness (QED) is 0.732. The third kappa shape index (κ3) is 1.65. The Kier molecular flexibility index (Phi) is 2.54. The summed E-state index contributed by atoms with van der Waals surface area (Å²) in [6.07, 6.45) is 3.69. The summed E-state index contributed by atoms with van der Waals surface area (Å²) in [5.41, 5.74) is 1.73. The Bertz CT molecular complexity index is 381. The van der Waals surface area contributed by atoms with E-state index < -0.39 is 0 Å². The first kappa shape index (κ1) is 9.27. The summed E-state index contributed by atoms with van der Waals surface area (Å²) in [6.45, 7) is 2.88. The highest BCUT2D eigenvalue weighted by Crippen LogP contribution is 2.18. The molecule has 2 aromatic rings. The maximum absolute atomic E-state index is 5.61. The van der Waals surface area contributed by atoms with Gasteiger partial charge in [0.1, 0.15) is 5.69 Å². The van der Waals surface area contributed by atoms with Crippen LogP contribution in [0.15, 0.2) is 23.0 Å². The van der Waals surface area contributed by atoms with Crippen LogP contribution in [0, 0.1) is 0 Å². The molecule has 0 aromatic carbocycles. The van der Waals surface area contributed by atoms with Crippen molar-refractivity contribution in [2.75, 3.05) is 0 Å². The first-order chi connectivity index (χ1) is 6.83. The molecule has 0 bridgehead atoms. The van der Waals surface area contributed by atoms with E-state index in [2.05, 4.69) is 10.3 Å². The molecule has 0 saturated carbocycles. The Morgan fingerprint density at radius 3 is 3.00 bits per heavy atom. The summed E-state index contributed by atoms with van der Waals surface area (Å²) < 4.78 is 6.83. The smallest absolute Gasteiger partial charge is 0.152 e. The lowest BCUT2D eigenvalue weighted by molar-refractivity contribution is 0.396. The van der Waals surface area contributed by atoms with Crippen LogP contribution in [0.5, 0.6) is 0 Å². The molecule has 2 aromatic heterocycles. The Morgan fingerprint density at radius 2 is 2.43 bits per heavy atom. The maximum Gasteiger partial charge on any atom is 0.152 e. The average Bonchev–Trinajstić information content (AvgIpc) is 2.86. The number of alkyl halides is 1. The van der Waals surface area contributed by atoms with E-state index in [1.807, 2.05) is 23.9 Å². The SMILES string of the molecule is CCn1cc(-c2cc(CCl)on2)cn1. The monoisotopic (exact) mass is 211 g/mol. The van der Waals surface area contributed by atoms with Crippen LogP contribution in [0.2, 0.25) is 0 Å². The molecule has 0 aliphatic rings. The highest BCUT2D eigenvalue weighted by molar-refractivity contribution is 6.16. The molecule has 0 unspecified atom stereocenters. The van der Waals surface area contributed by atoms with Crippen LogP contribution >= 0.6 is 11.6 Å². The van der Waals surface area contributed by atoms with Gasteiger partial charge in [0.15, 0.2) is 5.76 Å². The van der Waals surface area contributed by atoms with Crippen LogP contribution in [0.25, 0.3) is 11.3 Å². The minimum Gasteiger partial charge on any atom is -0.359 e. The summed E-state index contributed by atoms with van der Waals surface area (Å²) in [5.74, 6) is 1.01. The number of hydrogen-bond acceptors (Lipinski definition) is 3. The molecular weight excluding hydrogens is 202 g/mol. The fourth-order valence-corrected chi connectivity index (χ4v) is 1.31. The van der Waals surface area contributed by atoms with Crippen molar-refractivity contribution in [1.82, 2.24) is 14.9 Å². The molecular formula is C9H10ClN3O. The first-order valence-corrected chi connectivity index (χ1v) is 4.91. The molecule has 2 rings (SSSR count). The first-order valence-electron chi connectivity index (χ1n) is 4.38. The fourth-order valence-electron chi connectivity index (χ4n) is 1.18. The highest BCUT2D eigenvalue weighted by Gasteiger charge is 2.07. The lowest BCUT2D eigenvalue weighted by atomic mass is 10.2. The third-order valence-electron chi connectivity index (χ3n) is 1.94. The molecule has 0 N–H and O–H groups in total. The molecule has 14 heavy (non-hydrogen) atoms. The lowest BCUT2D eigenvalue weighted by Crippen LogP contribution is -1.91. The predicted octanol–water partition coefficient (Wildman–Crippen LogP) is 2.30. The van der Waals surface area contributed by atoms with Crippen molar-refractivity contribution in [3.05, 3.63) is 24.2 Å². The van der Waals surface area contributed by atoms with E-state index in [0.29, 0.717) is 11.6 Å². The minimum absolute atomic E-state index is 0.342. The molecule has 74 valence electrons. The molecule has 0 radical (unpaired) electrons. The third-order valence-corrected chi connectivity index (χ3v) is 2.21. The number of aromatic nitrogens is 3. The van der Waals surface area contributed by atoms with Gasteiger partial charge in [0, 0.05) is 24.4 Å². The zero-order valence-electron chi connectivity index (χ0n) is 7.77. The van der Waals surface area contributed by atoms with Gasteiger partial charge in [-0.3, -0.25) is 4.68 Å². The fraction of sp³-hybridized carbons (Fsp3) is 0.333. The normalized spacial score (nSPS) is 10.7.